The number of nitrogens with one attached hydrogen (secondary N) is 1. The summed E-state index contributed by atoms with van der Waals surface area (Å²) in [5.41, 5.74) is 0.736. The lowest BCUT2D eigenvalue weighted by molar-refractivity contribution is -0.137. The third kappa shape index (κ3) is 7.01. The molecule has 0 bridgehead atoms. The Morgan fingerprint density at radius 2 is 1.82 bits per heavy atom. The van der Waals surface area contributed by atoms with E-state index in [4.69, 9.17) is 4.74 Å². The summed E-state index contributed by atoms with van der Waals surface area (Å²) < 4.78 is 44.3. The van der Waals surface area contributed by atoms with Gasteiger partial charge in [0.15, 0.2) is 0 Å². The first-order chi connectivity index (χ1) is 18.2. The van der Waals surface area contributed by atoms with Crippen LogP contribution in [0.25, 0.3) is 0 Å². The van der Waals surface area contributed by atoms with E-state index in [1.165, 1.54) is 17.4 Å². The number of anilines is 2. The maximum atomic E-state index is 13.1. The average molecular weight is 548 g/mol. The first-order valence-corrected chi connectivity index (χ1v) is 12.9. The van der Waals surface area contributed by atoms with Gasteiger partial charge in [-0.15, -0.1) is 11.3 Å². The highest BCUT2D eigenvalue weighted by atomic mass is 32.1. The highest BCUT2D eigenvalue weighted by Crippen LogP contribution is 2.32. The van der Waals surface area contributed by atoms with Crippen LogP contribution in [0, 0.1) is 0 Å². The zero-order valence-electron chi connectivity index (χ0n) is 20.8. The van der Waals surface area contributed by atoms with E-state index in [0.717, 1.165) is 12.1 Å². The number of benzene rings is 2. The number of thiazole rings is 1. The van der Waals surface area contributed by atoms with Crippen LogP contribution in [0.5, 0.6) is 0 Å². The standard InChI is InChI=1S/C26H28F3N5O3S/c1-37-15-14-34(25(36)30-20-7-3-2-4-8-20)17-23-31-22(18-38-23)24(35)33-12-10-32(11-13-33)21-9-5-6-19(16-21)26(27,28)29/h2-9,16,18H,10-15,17H2,1H3,(H,30,36). The van der Waals surface area contributed by atoms with Gasteiger partial charge < -0.3 is 24.8 Å². The number of hydrogen-bond acceptors (Lipinski definition) is 6. The van der Waals surface area contributed by atoms with Crippen molar-refractivity contribution in [3.63, 3.8) is 0 Å². The van der Waals surface area contributed by atoms with E-state index in [2.05, 4.69) is 10.3 Å². The SMILES string of the molecule is COCCN(Cc1nc(C(=O)N2CCN(c3cccc(C(F)(F)F)c3)CC2)cs1)C(=O)Nc1ccccc1. The highest BCUT2D eigenvalue weighted by Gasteiger charge is 2.31. The number of alkyl halides is 3. The number of ether oxygens (including phenoxy) is 1. The van der Waals surface area contributed by atoms with Crippen LogP contribution in [-0.4, -0.2) is 73.2 Å². The Morgan fingerprint density at radius 1 is 1.08 bits per heavy atom. The lowest BCUT2D eigenvalue weighted by Gasteiger charge is -2.36. The summed E-state index contributed by atoms with van der Waals surface area (Å²) in [5, 5.41) is 5.12. The van der Waals surface area contributed by atoms with Gasteiger partial charge in [0.25, 0.3) is 5.91 Å². The maximum Gasteiger partial charge on any atom is 0.416 e. The predicted molar refractivity (Wildman–Crippen MR) is 139 cm³/mol. The van der Waals surface area contributed by atoms with E-state index in [-0.39, 0.29) is 24.2 Å². The topological polar surface area (TPSA) is 78.0 Å². The van der Waals surface area contributed by atoms with Crippen molar-refractivity contribution in [1.82, 2.24) is 14.8 Å². The Bertz CT molecular complexity index is 1230. The van der Waals surface area contributed by atoms with Gasteiger partial charge in [0.2, 0.25) is 0 Å². The van der Waals surface area contributed by atoms with Crippen LogP contribution in [0.15, 0.2) is 60.0 Å². The monoisotopic (exact) mass is 547 g/mol. The molecule has 4 rings (SSSR count). The van der Waals surface area contributed by atoms with Gasteiger partial charge in [-0.05, 0) is 30.3 Å². The van der Waals surface area contributed by atoms with E-state index >= 15 is 0 Å². The third-order valence-corrected chi connectivity index (χ3v) is 6.91. The molecule has 0 radical (unpaired) electrons. The first-order valence-electron chi connectivity index (χ1n) is 12.0. The summed E-state index contributed by atoms with van der Waals surface area (Å²) in [4.78, 5) is 35.4. The molecule has 1 N–H and O–H groups in total. The van der Waals surface area contributed by atoms with Crippen molar-refractivity contribution in [3.05, 3.63) is 76.2 Å². The summed E-state index contributed by atoms with van der Waals surface area (Å²) in [6, 6.07) is 14.0. The summed E-state index contributed by atoms with van der Waals surface area (Å²) in [6.45, 7) is 2.44. The summed E-state index contributed by atoms with van der Waals surface area (Å²) in [6.07, 6.45) is -4.41. The largest absolute Gasteiger partial charge is 0.416 e. The summed E-state index contributed by atoms with van der Waals surface area (Å²) >= 11 is 1.29. The summed E-state index contributed by atoms with van der Waals surface area (Å²) in [7, 11) is 1.56. The molecule has 0 aliphatic carbocycles. The molecule has 12 heteroatoms. The van der Waals surface area contributed by atoms with Crippen molar-refractivity contribution in [2.24, 2.45) is 0 Å². The molecular weight excluding hydrogens is 519 g/mol. The molecule has 1 aliphatic rings. The number of carbonyl (C=O) groups excluding carboxylic acids is 2. The molecule has 1 fully saturated rings. The van der Waals surface area contributed by atoms with E-state index < -0.39 is 11.7 Å². The minimum atomic E-state index is -4.41. The number of hydrogen-bond donors (Lipinski definition) is 1. The van der Waals surface area contributed by atoms with Crippen molar-refractivity contribution < 1.29 is 27.5 Å². The van der Waals surface area contributed by atoms with Gasteiger partial charge in [-0.1, -0.05) is 24.3 Å². The van der Waals surface area contributed by atoms with Crippen molar-refractivity contribution in [2.45, 2.75) is 12.7 Å². The Labute approximate surface area is 222 Å². The number of urea groups is 1. The average Bonchev–Trinajstić information content (AvgIpc) is 3.39. The first kappa shape index (κ1) is 27.4. The smallest absolute Gasteiger partial charge is 0.383 e. The van der Waals surface area contributed by atoms with Crippen molar-refractivity contribution in [1.29, 1.82) is 0 Å². The minimum Gasteiger partial charge on any atom is -0.383 e. The Kier molecular flexibility index (Phi) is 8.85. The summed E-state index contributed by atoms with van der Waals surface area (Å²) in [5.74, 6) is -0.242. The predicted octanol–water partition coefficient (Wildman–Crippen LogP) is 4.80. The molecule has 0 atom stereocenters. The molecule has 1 aliphatic heterocycles. The number of nitrogens with zero attached hydrogens (tertiary/aromatic N) is 4. The molecule has 0 spiro atoms. The van der Waals surface area contributed by atoms with Gasteiger partial charge in [0.05, 0.1) is 18.7 Å². The highest BCUT2D eigenvalue weighted by molar-refractivity contribution is 7.09. The van der Waals surface area contributed by atoms with Gasteiger partial charge in [0, 0.05) is 56.6 Å². The number of methoxy groups -OCH3 is 1. The normalized spacial score (nSPS) is 13.9. The number of halogens is 3. The van der Waals surface area contributed by atoms with Crippen LogP contribution in [0.3, 0.4) is 0 Å². The molecule has 8 nitrogen and oxygen atoms in total. The molecule has 1 aromatic heterocycles. The molecule has 0 saturated carbocycles. The fourth-order valence-electron chi connectivity index (χ4n) is 4.03. The number of para-hydroxylation sites is 1. The lowest BCUT2D eigenvalue weighted by atomic mass is 10.1. The Balaban J connectivity index is 1.35. The van der Waals surface area contributed by atoms with Gasteiger partial charge in [-0.2, -0.15) is 13.2 Å². The van der Waals surface area contributed by atoms with E-state index in [1.807, 2.05) is 23.1 Å². The zero-order chi connectivity index (χ0) is 27.1. The number of piperazine rings is 1. The van der Waals surface area contributed by atoms with Crippen molar-refractivity contribution >= 4 is 34.6 Å². The number of amides is 3. The van der Waals surface area contributed by atoms with E-state index in [1.54, 1.807) is 40.5 Å². The Hall–Kier alpha value is -3.64. The molecule has 2 heterocycles. The van der Waals surface area contributed by atoms with Crippen LogP contribution >= 0.6 is 11.3 Å². The molecular formula is C26H28F3N5O3S. The second-order valence-corrected chi connectivity index (χ2v) is 9.61. The van der Waals surface area contributed by atoms with Crippen LogP contribution in [0.2, 0.25) is 0 Å². The van der Waals surface area contributed by atoms with E-state index in [0.29, 0.717) is 55.7 Å². The third-order valence-electron chi connectivity index (χ3n) is 6.08. The van der Waals surface area contributed by atoms with Crippen LogP contribution in [-0.2, 0) is 17.5 Å². The fraction of sp³-hybridized carbons (Fsp3) is 0.346. The van der Waals surface area contributed by atoms with Gasteiger partial charge in [-0.3, -0.25) is 4.79 Å². The minimum absolute atomic E-state index is 0.212. The zero-order valence-corrected chi connectivity index (χ0v) is 21.6. The molecule has 3 aromatic rings. The number of aromatic nitrogens is 1. The van der Waals surface area contributed by atoms with Crippen LogP contribution < -0.4 is 10.2 Å². The van der Waals surface area contributed by atoms with Gasteiger partial charge >= 0.3 is 12.2 Å². The number of rotatable bonds is 8. The van der Waals surface area contributed by atoms with Crippen molar-refractivity contribution in [2.75, 3.05) is 56.7 Å². The van der Waals surface area contributed by atoms with Crippen LogP contribution in [0.4, 0.5) is 29.3 Å². The lowest BCUT2D eigenvalue weighted by Crippen LogP contribution is -2.49. The molecule has 0 unspecified atom stereocenters. The van der Waals surface area contributed by atoms with Gasteiger partial charge in [0.1, 0.15) is 10.7 Å². The number of carbonyl (C=O) groups is 2. The second-order valence-electron chi connectivity index (χ2n) is 8.66. The molecule has 3 amide bonds. The van der Waals surface area contributed by atoms with Crippen molar-refractivity contribution in [3.8, 4) is 0 Å². The molecule has 38 heavy (non-hydrogen) atoms. The van der Waals surface area contributed by atoms with Crippen LogP contribution in [0.1, 0.15) is 21.1 Å². The molecule has 1 saturated heterocycles. The van der Waals surface area contributed by atoms with E-state index in [9.17, 15) is 22.8 Å². The fourth-order valence-corrected chi connectivity index (χ4v) is 4.81. The molecule has 202 valence electrons. The second kappa shape index (κ2) is 12.3. The maximum absolute atomic E-state index is 13.1. The van der Waals surface area contributed by atoms with Gasteiger partial charge in [-0.25, -0.2) is 9.78 Å². The molecule has 2 aromatic carbocycles. The quantitative estimate of drug-likeness (QED) is 0.438. The Morgan fingerprint density at radius 3 is 2.50 bits per heavy atom.